The van der Waals surface area contributed by atoms with E-state index in [1.807, 2.05) is 31.2 Å². The van der Waals surface area contributed by atoms with Gasteiger partial charge in [0.15, 0.2) is 5.78 Å². The average Bonchev–Trinajstić information content (AvgIpc) is 2.83. The maximum absolute atomic E-state index is 12.2. The number of hydrogen-bond donors (Lipinski definition) is 2. The maximum Gasteiger partial charge on any atom is 0.306 e. The van der Waals surface area contributed by atoms with Crippen LogP contribution in [0.15, 0.2) is 36.9 Å². The largest absolute Gasteiger partial charge is 0.469 e. The van der Waals surface area contributed by atoms with Crippen LogP contribution in [0, 0.1) is 0 Å². The van der Waals surface area contributed by atoms with Gasteiger partial charge >= 0.3 is 11.9 Å². The molecule has 2 rings (SSSR count). The summed E-state index contributed by atoms with van der Waals surface area (Å²) in [7, 11) is 2.55. The second kappa shape index (κ2) is 13.7. The van der Waals surface area contributed by atoms with Crippen molar-refractivity contribution in [3.05, 3.63) is 48.0 Å². The first kappa shape index (κ1) is 31.5. The number of aliphatic hydroxyl groups is 2. The molecule has 1 fully saturated rings. The summed E-state index contributed by atoms with van der Waals surface area (Å²) in [5.74, 6) is -1.27. The Morgan fingerprint density at radius 1 is 1.11 bits per heavy atom. The van der Waals surface area contributed by atoms with Gasteiger partial charge in [-0.2, -0.15) is 0 Å². The zero-order valence-corrected chi connectivity index (χ0v) is 22.7. The molecule has 8 heteroatoms. The van der Waals surface area contributed by atoms with E-state index in [0.29, 0.717) is 13.0 Å². The molecular weight excluding hydrogens is 462 g/mol. The number of nitrogens with zero attached hydrogens (tertiary/aromatic N) is 1. The van der Waals surface area contributed by atoms with Gasteiger partial charge in [-0.1, -0.05) is 37.8 Å². The number of ether oxygens (including phenoxy) is 2. The number of carbonyl (C=O) groups is 3. The van der Waals surface area contributed by atoms with Crippen molar-refractivity contribution in [2.24, 2.45) is 0 Å². The van der Waals surface area contributed by atoms with E-state index in [1.165, 1.54) is 20.3 Å². The molecule has 0 amide bonds. The molecule has 8 nitrogen and oxygen atoms in total. The van der Waals surface area contributed by atoms with Crippen LogP contribution in [0.5, 0.6) is 0 Å². The Hall–Kier alpha value is -2.55. The number of hydrogen-bond acceptors (Lipinski definition) is 8. The van der Waals surface area contributed by atoms with E-state index in [4.69, 9.17) is 0 Å². The molecule has 0 saturated carbocycles. The van der Waals surface area contributed by atoms with E-state index in [9.17, 15) is 24.6 Å². The number of carbonyl (C=O) groups excluding carboxylic acids is 3. The minimum atomic E-state index is -0.526. The minimum Gasteiger partial charge on any atom is -0.469 e. The van der Waals surface area contributed by atoms with E-state index in [0.717, 1.165) is 11.1 Å². The maximum atomic E-state index is 12.2. The van der Waals surface area contributed by atoms with Gasteiger partial charge in [-0.05, 0) is 51.3 Å². The second-order valence-electron chi connectivity index (χ2n) is 10.2. The van der Waals surface area contributed by atoms with Crippen LogP contribution >= 0.6 is 0 Å². The van der Waals surface area contributed by atoms with Gasteiger partial charge in [0.05, 0.1) is 39.8 Å². The third kappa shape index (κ3) is 7.72. The number of esters is 2. The molecule has 3 unspecified atom stereocenters. The number of methoxy groups -OCH3 is 2. The van der Waals surface area contributed by atoms with Crippen molar-refractivity contribution in [3.63, 3.8) is 0 Å². The van der Waals surface area contributed by atoms with Gasteiger partial charge in [-0.25, -0.2) is 0 Å². The fourth-order valence-electron chi connectivity index (χ4n) is 5.36. The van der Waals surface area contributed by atoms with Crippen molar-refractivity contribution < 1.29 is 34.1 Å². The Morgan fingerprint density at radius 2 is 1.64 bits per heavy atom. The molecule has 0 aromatic heterocycles. The quantitative estimate of drug-likeness (QED) is 0.388. The molecule has 1 saturated heterocycles. The van der Waals surface area contributed by atoms with Gasteiger partial charge in [0.2, 0.25) is 0 Å². The number of benzene rings is 1. The Morgan fingerprint density at radius 3 is 2.11 bits per heavy atom. The second-order valence-corrected chi connectivity index (χ2v) is 10.2. The molecule has 0 aliphatic carbocycles. The molecule has 0 spiro atoms. The molecular formula is C28H43NO7. The number of β-amino-alcohol motifs (C(OH)–C–C–N with tert-alkyl or cyclic N) is 1. The number of aliphatic hydroxyl groups excluding tert-OH is 2. The summed E-state index contributed by atoms with van der Waals surface area (Å²) in [5.41, 5.74) is 1.35. The molecule has 202 valence electrons. The summed E-state index contributed by atoms with van der Waals surface area (Å²) >= 11 is 0. The van der Waals surface area contributed by atoms with Crippen LogP contribution in [0.4, 0.5) is 0 Å². The number of ketones is 1. The predicted octanol–water partition coefficient (Wildman–Crippen LogP) is 3.36. The lowest BCUT2D eigenvalue weighted by molar-refractivity contribution is -0.147. The van der Waals surface area contributed by atoms with E-state index in [-0.39, 0.29) is 48.1 Å². The molecule has 0 radical (unpaired) electrons. The summed E-state index contributed by atoms with van der Waals surface area (Å²) in [6.45, 7) is 14.6. The number of likely N-dealkylation sites (tertiary alicyclic amines) is 1. The fourth-order valence-corrected chi connectivity index (χ4v) is 5.36. The van der Waals surface area contributed by atoms with Crippen molar-refractivity contribution in [1.82, 2.24) is 4.90 Å². The van der Waals surface area contributed by atoms with Gasteiger partial charge in [-0.3, -0.25) is 19.3 Å². The normalized spacial score (nSPS) is 21.4. The lowest BCUT2D eigenvalue weighted by Gasteiger charge is -2.58. The zero-order chi connectivity index (χ0) is 27.7. The molecule has 1 aromatic carbocycles. The molecule has 1 aromatic rings. The number of rotatable bonds is 9. The van der Waals surface area contributed by atoms with Gasteiger partial charge in [0.1, 0.15) is 0 Å². The molecule has 0 bridgehead atoms. The lowest BCUT2D eigenvalue weighted by atomic mass is 9.66. The average molecular weight is 506 g/mol. The third-order valence-electron chi connectivity index (χ3n) is 7.02. The van der Waals surface area contributed by atoms with Crippen LogP contribution in [0.2, 0.25) is 0 Å². The number of allylic oxidation sites excluding steroid dienone is 1. The SMILES string of the molecule is C=CC(=O)C(C)c1ccccc1C1C(O)CC(C)(C)N(CCO)C1(C)C.COC(=O)CCC(=O)OC. The monoisotopic (exact) mass is 505 g/mol. The van der Waals surface area contributed by atoms with Crippen LogP contribution in [0.1, 0.15) is 76.8 Å². The van der Waals surface area contributed by atoms with Crippen LogP contribution in [-0.2, 0) is 23.9 Å². The first-order valence-electron chi connectivity index (χ1n) is 12.2. The summed E-state index contributed by atoms with van der Waals surface area (Å²) in [6, 6.07) is 7.89. The van der Waals surface area contributed by atoms with E-state index in [2.05, 4.69) is 48.6 Å². The smallest absolute Gasteiger partial charge is 0.306 e. The Kier molecular flexibility index (Phi) is 12.0. The van der Waals surface area contributed by atoms with Crippen molar-refractivity contribution in [1.29, 1.82) is 0 Å². The lowest BCUT2D eigenvalue weighted by Crippen LogP contribution is -2.66. The van der Waals surface area contributed by atoms with Crippen LogP contribution < -0.4 is 0 Å². The highest BCUT2D eigenvalue weighted by molar-refractivity contribution is 5.94. The third-order valence-corrected chi connectivity index (χ3v) is 7.02. The molecule has 1 heterocycles. The topological polar surface area (TPSA) is 113 Å². The van der Waals surface area contributed by atoms with Crippen molar-refractivity contribution in [2.75, 3.05) is 27.4 Å². The van der Waals surface area contributed by atoms with Gasteiger partial charge in [-0.15, -0.1) is 0 Å². The molecule has 1 aliphatic rings. The van der Waals surface area contributed by atoms with Crippen LogP contribution in [-0.4, -0.2) is 77.4 Å². The summed E-state index contributed by atoms with van der Waals surface area (Å²) in [4.78, 5) is 35.3. The zero-order valence-electron chi connectivity index (χ0n) is 22.7. The van der Waals surface area contributed by atoms with Gasteiger partial charge in [0, 0.05) is 29.5 Å². The van der Waals surface area contributed by atoms with Crippen molar-refractivity contribution >= 4 is 17.7 Å². The van der Waals surface area contributed by atoms with Gasteiger partial charge in [0.25, 0.3) is 0 Å². The summed E-state index contributed by atoms with van der Waals surface area (Å²) in [6.07, 6.45) is 1.62. The van der Waals surface area contributed by atoms with E-state index < -0.39 is 18.0 Å². The van der Waals surface area contributed by atoms with E-state index in [1.54, 1.807) is 0 Å². The predicted molar refractivity (Wildman–Crippen MR) is 139 cm³/mol. The van der Waals surface area contributed by atoms with Crippen molar-refractivity contribution in [3.8, 4) is 0 Å². The molecule has 3 atom stereocenters. The molecule has 1 aliphatic heterocycles. The Bertz CT molecular complexity index is 893. The number of piperidine rings is 1. The van der Waals surface area contributed by atoms with Crippen molar-refractivity contribution in [2.45, 2.75) is 82.9 Å². The van der Waals surface area contributed by atoms with Crippen LogP contribution in [0.3, 0.4) is 0 Å². The van der Waals surface area contributed by atoms with Crippen LogP contribution in [0.25, 0.3) is 0 Å². The highest BCUT2D eigenvalue weighted by atomic mass is 16.5. The fraction of sp³-hybridized carbons (Fsp3) is 0.607. The molecule has 36 heavy (non-hydrogen) atoms. The Balaban J connectivity index is 0.000000548. The van der Waals surface area contributed by atoms with Gasteiger partial charge < -0.3 is 19.7 Å². The summed E-state index contributed by atoms with van der Waals surface area (Å²) in [5, 5.41) is 20.7. The minimum absolute atomic E-state index is 0.0203. The Labute approximate surface area is 215 Å². The molecule has 2 N–H and O–H groups in total. The highest BCUT2D eigenvalue weighted by Gasteiger charge is 2.52. The first-order valence-corrected chi connectivity index (χ1v) is 12.2. The van der Waals surface area contributed by atoms with E-state index >= 15 is 0 Å². The highest BCUT2D eigenvalue weighted by Crippen LogP contribution is 2.48. The summed E-state index contributed by atoms with van der Waals surface area (Å²) < 4.78 is 8.60. The standard InChI is InChI=1S/C22H33NO3.C6H10O4/c1-7-18(25)15(2)16-10-8-9-11-17(16)20-19(26)14-21(3,4)23(12-13-24)22(20,5)6;1-9-5(7)3-4-6(8)10-2/h7-11,15,19-20,24,26H,1,12-14H2,2-6H3;3-4H2,1-2H3. The first-order chi connectivity index (χ1) is 16.8.